The molecule has 0 bridgehead atoms. The van der Waals surface area contributed by atoms with Gasteiger partial charge in [0.25, 0.3) is 11.8 Å². The fraction of sp³-hybridized carbons (Fsp3) is 0.107. The number of nitrogens with one attached hydrogen (secondary N) is 1. The molecule has 0 atom stereocenters. The first-order valence-corrected chi connectivity index (χ1v) is 13.5. The van der Waals surface area contributed by atoms with E-state index >= 15 is 0 Å². The fourth-order valence-electron chi connectivity index (χ4n) is 3.79. The molecule has 1 saturated heterocycles. The van der Waals surface area contributed by atoms with Crippen molar-refractivity contribution in [2.24, 2.45) is 0 Å². The first kappa shape index (κ1) is 27.0. The Balaban J connectivity index is 1.66. The molecule has 1 fully saturated rings. The lowest BCUT2D eigenvalue weighted by atomic mass is 10.0. The van der Waals surface area contributed by atoms with Gasteiger partial charge in [-0.15, -0.1) is 6.58 Å². The Labute approximate surface area is 239 Å². The van der Waals surface area contributed by atoms with Crippen molar-refractivity contribution in [2.75, 3.05) is 4.90 Å². The van der Waals surface area contributed by atoms with Gasteiger partial charge in [-0.3, -0.25) is 14.9 Å². The van der Waals surface area contributed by atoms with Crippen molar-refractivity contribution in [3.05, 3.63) is 108 Å². The summed E-state index contributed by atoms with van der Waals surface area (Å²) in [5.41, 5.74) is 3.49. The molecule has 3 aromatic carbocycles. The van der Waals surface area contributed by atoms with Crippen molar-refractivity contribution >= 4 is 77.4 Å². The highest BCUT2D eigenvalue weighted by Crippen LogP contribution is 2.34. The van der Waals surface area contributed by atoms with Gasteiger partial charge in [-0.05, 0) is 100 Å². The standard InChI is InChI=1S/C28H21Br3N2O4/c1-3-4-19-12-18(14-24(31)25(19)37-15-17-5-7-20(29)8-6-17)13-22-26(34)32-28(36)33(27(22)35)21-9-10-23(30)16(2)11-21/h3,5-14H,1,4,15H2,2H3,(H,32,34,36)/b22-13+. The number of hydrogen-bond acceptors (Lipinski definition) is 4. The number of urea groups is 1. The van der Waals surface area contributed by atoms with Gasteiger partial charge in [0.1, 0.15) is 17.9 Å². The van der Waals surface area contributed by atoms with Gasteiger partial charge < -0.3 is 4.74 Å². The number of anilines is 1. The van der Waals surface area contributed by atoms with Crippen LogP contribution in [0.5, 0.6) is 5.75 Å². The Hall–Kier alpha value is -3.01. The molecule has 0 aliphatic carbocycles. The summed E-state index contributed by atoms with van der Waals surface area (Å²) in [6, 6.07) is 15.7. The normalized spacial score (nSPS) is 14.6. The molecule has 37 heavy (non-hydrogen) atoms. The predicted molar refractivity (Wildman–Crippen MR) is 154 cm³/mol. The van der Waals surface area contributed by atoms with E-state index in [9.17, 15) is 14.4 Å². The number of hydrogen-bond donors (Lipinski definition) is 1. The summed E-state index contributed by atoms with van der Waals surface area (Å²) in [5, 5.41) is 2.26. The van der Waals surface area contributed by atoms with E-state index in [1.165, 1.54) is 6.08 Å². The number of imide groups is 2. The molecule has 4 rings (SSSR count). The Morgan fingerprint density at radius 1 is 0.973 bits per heavy atom. The molecule has 6 nitrogen and oxygen atoms in total. The maximum absolute atomic E-state index is 13.3. The average molecular weight is 689 g/mol. The predicted octanol–water partition coefficient (Wildman–Crippen LogP) is 7.26. The Kier molecular flexibility index (Phi) is 8.46. The van der Waals surface area contributed by atoms with Crippen LogP contribution >= 0.6 is 47.8 Å². The first-order valence-electron chi connectivity index (χ1n) is 11.2. The summed E-state index contributed by atoms with van der Waals surface area (Å²) in [6.45, 7) is 6.04. The van der Waals surface area contributed by atoms with Crippen LogP contribution in [0.3, 0.4) is 0 Å². The van der Waals surface area contributed by atoms with E-state index in [1.807, 2.05) is 37.3 Å². The van der Waals surface area contributed by atoms with Gasteiger partial charge >= 0.3 is 6.03 Å². The van der Waals surface area contributed by atoms with E-state index in [2.05, 4.69) is 59.7 Å². The minimum Gasteiger partial charge on any atom is -0.487 e. The Morgan fingerprint density at radius 2 is 1.70 bits per heavy atom. The van der Waals surface area contributed by atoms with Crippen LogP contribution in [0, 0.1) is 6.92 Å². The highest BCUT2D eigenvalue weighted by Gasteiger charge is 2.37. The number of carbonyl (C=O) groups is 3. The number of ether oxygens (including phenoxy) is 1. The van der Waals surface area contributed by atoms with Crippen molar-refractivity contribution in [2.45, 2.75) is 20.0 Å². The number of allylic oxidation sites excluding steroid dienone is 1. The van der Waals surface area contributed by atoms with Gasteiger partial charge in [0.05, 0.1) is 10.2 Å². The van der Waals surface area contributed by atoms with E-state index < -0.39 is 17.8 Å². The summed E-state index contributed by atoms with van der Waals surface area (Å²) < 4.78 is 8.60. The SMILES string of the molecule is C=CCc1cc(/C=C2\C(=O)NC(=O)N(c3ccc(Br)c(C)c3)C2=O)cc(Br)c1OCc1ccc(Br)cc1. The zero-order valence-corrected chi connectivity index (χ0v) is 24.4. The van der Waals surface area contributed by atoms with Gasteiger partial charge in [-0.25, -0.2) is 9.69 Å². The van der Waals surface area contributed by atoms with Crippen LogP contribution in [0.2, 0.25) is 0 Å². The van der Waals surface area contributed by atoms with Gasteiger partial charge in [-0.2, -0.15) is 0 Å². The van der Waals surface area contributed by atoms with Crippen LogP contribution < -0.4 is 15.0 Å². The largest absolute Gasteiger partial charge is 0.487 e. The van der Waals surface area contributed by atoms with E-state index in [0.29, 0.717) is 34.5 Å². The molecule has 0 saturated carbocycles. The van der Waals surface area contributed by atoms with Crippen molar-refractivity contribution in [3.63, 3.8) is 0 Å². The topological polar surface area (TPSA) is 75.7 Å². The molecule has 1 N–H and O–H groups in total. The molecule has 0 radical (unpaired) electrons. The molecule has 1 heterocycles. The highest BCUT2D eigenvalue weighted by molar-refractivity contribution is 9.11. The maximum atomic E-state index is 13.3. The van der Waals surface area contributed by atoms with Crippen LogP contribution in [-0.4, -0.2) is 17.8 Å². The molecule has 3 aromatic rings. The van der Waals surface area contributed by atoms with Crippen molar-refractivity contribution in [1.29, 1.82) is 0 Å². The highest BCUT2D eigenvalue weighted by atomic mass is 79.9. The van der Waals surface area contributed by atoms with E-state index in [1.54, 1.807) is 30.3 Å². The van der Waals surface area contributed by atoms with Crippen LogP contribution in [0.15, 0.2) is 86.2 Å². The number of barbiturate groups is 1. The molecule has 188 valence electrons. The third kappa shape index (κ3) is 6.11. The first-order chi connectivity index (χ1) is 17.7. The Bertz CT molecular complexity index is 1450. The average Bonchev–Trinajstić information content (AvgIpc) is 2.84. The smallest absolute Gasteiger partial charge is 0.335 e. The van der Waals surface area contributed by atoms with Crippen LogP contribution in [-0.2, 0) is 22.6 Å². The monoisotopic (exact) mass is 686 g/mol. The number of halogens is 3. The second kappa shape index (κ2) is 11.6. The number of amides is 4. The lowest BCUT2D eigenvalue weighted by molar-refractivity contribution is -0.122. The summed E-state index contributed by atoms with van der Waals surface area (Å²) in [7, 11) is 0. The molecule has 1 aliphatic rings. The lowest BCUT2D eigenvalue weighted by Crippen LogP contribution is -2.54. The molecular formula is C28H21Br3N2O4. The van der Waals surface area contributed by atoms with Crippen LogP contribution in [0.4, 0.5) is 10.5 Å². The van der Waals surface area contributed by atoms with Gasteiger partial charge in [0.2, 0.25) is 0 Å². The van der Waals surface area contributed by atoms with Crippen LogP contribution in [0.25, 0.3) is 6.08 Å². The second-order valence-electron chi connectivity index (χ2n) is 8.29. The number of benzene rings is 3. The number of carbonyl (C=O) groups excluding carboxylic acids is 3. The van der Waals surface area contributed by atoms with Crippen molar-refractivity contribution in [3.8, 4) is 5.75 Å². The molecule has 0 unspecified atom stereocenters. The lowest BCUT2D eigenvalue weighted by Gasteiger charge is -2.26. The van der Waals surface area contributed by atoms with Gasteiger partial charge in [0, 0.05) is 8.95 Å². The number of nitrogens with zero attached hydrogens (tertiary/aromatic N) is 1. The summed E-state index contributed by atoms with van der Waals surface area (Å²) in [5.74, 6) is -0.809. The second-order valence-corrected chi connectivity index (χ2v) is 10.9. The minimum atomic E-state index is -0.793. The maximum Gasteiger partial charge on any atom is 0.335 e. The zero-order chi connectivity index (χ0) is 26.7. The molecule has 0 aromatic heterocycles. The Morgan fingerprint density at radius 3 is 2.38 bits per heavy atom. The molecule has 1 aliphatic heterocycles. The zero-order valence-electron chi connectivity index (χ0n) is 19.7. The minimum absolute atomic E-state index is 0.153. The van der Waals surface area contributed by atoms with Crippen molar-refractivity contribution < 1.29 is 19.1 Å². The van der Waals surface area contributed by atoms with E-state index in [4.69, 9.17) is 4.74 Å². The molecule has 4 amide bonds. The third-order valence-corrected chi connectivity index (χ3v) is 7.62. The van der Waals surface area contributed by atoms with Gasteiger partial charge in [0.15, 0.2) is 0 Å². The van der Waals surface area contributed by atoms with Crippen molar-refractivity contribution in [1.82, 2.24) is 5.32 Å². The number of rotatable bonds is 7. The van der Waals surface area contributed by atoms with Gasteiger partial charge in [-0.1, -0.05) is 50.1 Å². The summed E-state index contributed by atoms with van der Waals surface area (Å²) >= 11 is 10.4. The number of aryl methyl sites for hydroxylation is 1. The van der Waals surface area contributed by atoms with E-state index in [-0.39, 0.29) is 5.57 Å². The molecule has 9 heteroatoms. The van der Waals surface area contributed by atoms with E-state index in [0.717, 1.165) is 30.5 Å². The quantitative estimate of drug-likeness (QED) is 0.161. The summed E-state index contributed by atoms with van der Waals surface area (Å²) in [6.07, 6.45) is 3.73. The molecular weight excluding hydrogens is 668 g/mol. The molecule has 0 spiro atoms. The summed E-state index contributed by atoms with van der Waals surface area (Å²) in [4.78, 5) is 39.5. The van der Waals surface area contributed by atoms with Crippen LogP contribution in [0.1, 0.15) is 22.3 Å². The third-order valence-electron chi connectivity index (χ3n) is 5.62. The fourth-order valence-corrected chi connectivity index (χ4v) is 4.93.